The summed E-state index contributed by atoms with van der Waals surface area (Å²) in [6, 6.07) is 14.2. The number of ether oxygens (including phenoxy) is 1. The molecule has 0 atom stereocenters. The van der Waals surface area contributed by atoms with Gasteiger partial charge in [0.15, 0.2) is 0 Å². The smallest absolute Gasteiger partial charge is 0.238 e. The van der Waals surface area contributed by atoms with Gasteiger partial charge in [-0.3, -0.25) is 0 Å². The Kier molecular flexibility index (Phi) is 6.90. The fourth-order valence-corrected chi connectivity index (χ4v) is 4.54. The molecule has 0 amide bonds. The lowest BCUT2D eigenvalue weighted by Gasteiger charge is -2.28. The molecule has 0 aromatic heterocycles. The van der Waals surface area contributed by atoms with Crippen LogP contribution in [0.1, 0.15) is 63.1 Å². The van der Waals surface area contributed by atoms with Crippen LogP contribution in [0.25, 0.3) is 0 Å². The predicted molar refractivity (Wildman–Crippen MR) is 123 cm³/mol. The molecule has 6 heteroatoms. The van der Waals surface area contributed by atoms with Crippen molar-refractivity contribution >= 4 is 15.7 Å². The molecular weight excluding hydrogens is 396 g/mol. The third-order valence-electron chi connectivity index (χ3n) is 5.88. The van der Waals surface area contributed by atoms with Gasteiger partial charge in [0.1, 0.15) is 0 Å². The van der Waals surface area contributed by atoms with Crippen LogP contribution in [-0.4, -0.2) is 27.7 Å². The monoisotopic (exact) mass is 430 g/mol. The maximum atomic E-state index is 11.6. The third kappa shape index (κ3) is 5.84. The van der Waals surface area contributed by atoms with Crippen molar-refractivity contribution in [2.24, 2.45) is 5.14 Å². The average molecular weight is 431 g/mol. The van der Waals surface area contributed by atoms with Crippen molar-refractivity contribution in [3.05, 3.63) is 59.2 Å². The topological polar surface area (TPSA) is 81.4 Å². The Bertz CT molecular complexity index is 960. The molecule has 5 nitrogen and oxygen atoms in total. The molecule has 0 spiro atoms. The van der Waals surface area contributed by atoms with E-state index >= 15 is 0 Å². The Hall–Kier alpha value is -1.89. The minimum atomic E-state index is -3.68. The van der Waals surface area contributed by atoms with Gasteiger partial charge in [0.2, 0.25) is 10.0 Å². The summed E-state index contributed by atoms with van der Waals surface area (Å²) in [5, 5.41) is 8.94. The van der Waals surface area contributed by atoms with Crippen molar-refractivity contribution in [1.82, 2.24) is 0 Å². The Balaban J connectivity index is 1.84. The second kappa shape index (κ2) is 9.08. The summed E-state index contributed by atoms with van der Waals surface area (Å²) in [6.07, 6.45) is 2.91. The fourth-order valence-electron chi connectivity index (χ4n) is 4.02. The van der Waals surface area contributed by atoms with Crippen LogP contribution in [0, 0.1) is 0 Å². The van der Waals surface area contributed by atoms with Gasteiger partial charge in [0.05, 0.1) is 4.90 Å². The van der Waals surface area contributed by atoms with Crippen molar-refractivity contribution < 1.29 is 13.2 Å². The van der Waals surface area contributed by atoms with Gasteiger partial charge in [-0.2, -0.15) is 0 Å². The Morgan fingerprint density at radius 1 is 1.10 bits per heavy atom. The number of sulfonamides is 1. The lowest BCUT2D eigenvalue weighted by Crippen LogP contribution is -2.28. The number of primary sulfonamides is 1. The van der Waals surface area contributed by atoms with Gasteiger partial charge in [-0.05, 0) is 71.6 Å². The van der Waals surface area contributed by atoms with Crippen LogP contribution in [0.2, 0.25) is 0 Å². The van der Waals surface area contributed by atoms with Crippen molar-refractivity contribution in [3.63, 3.8) is 0 Å². The number of nitrogens with two attached hydrogens (primary N) is 1. The molecule has 0 aliphatic carbocycles. The molecule has 2 aromatic carbocycles. The molecule has 1 fully saturated rings. The standard InChI is InChI=1S/C24H34N2O3S/c1-17(2)19-13-18(14-22(15-19)26-21-9-11-29-12-10-21)16-24(3,4)20-5-7-23(8-6-20)30(25,27)28/h5-8,13-15,17,21,26H,9-12,16H2,1-4H3,(H2,25,27,28). The number of benzene rings is 2. The van der Waals surface area contributed by atoms with E-state index in [1.54, 1.807) is 12.1 Å². The first kappa shape index (κ1) is 22.8. The largest absolute Gasteiger partial charge is 0.382 e. The Morgan fingerprint density at radius 3 is 2.30 bits per heavy atom. The zero-order valence-electron chi connectivity index (χ0n) is 18.4. The SMILES string of the molecule is CC(C)c1cc(CC(C)(C)c2ccc(S(N)(=O)=O)cc2)cc(NC2CCOCC2)c1. The van der Waals surface area contributed by atoms with E-state index in [4.69, 9.17) is 9.88 Å². The van der Waals surface area contributed by atoms with E-state index in [-0.39, 0.29) is 10.3 Å². The Morgan fingerprint density at radius 2 is 1.73 bits per heavy atom. The summed E-state index contributed by atoms with van der Waals surface area (Å²) < 4.78 is 28.6. The molecule has 3 N–H and O–H groups in total. The van der Waals surface area contributed by atoms with E-state index < -0.39 is 10.0 Å². The Labute approximate surface area is 181 Å². The summed E-state index contributed by atoms with van der Waals surface area (Å²) in [5.41, 5.74) is 4.70. The summed E-state index contributed by atoms with van der Waals surface area (Å²) in [4.78, 5) is 0.145. The van der Waals surface area contributed by atoms with Crippen molar-refractivity contribution in [3.8, 4) is 0 Å². The summed E-state index contributed by atoms with van der Waals surface area (Å²) >= 11 is 0. The summed E-state index contributed by atoms with van der Waals surface area (Å²) in [6.45, 7) is 10.4. The van der Waals surface area contributed by atoms with Crippen molar-refractivity contribution in [2.45, 2.75) is 69.2 Å². The lowest BCUT2D eigenvalue weighted by atomic mass is 9.78. The molecule has 164 valence electrons. The molecule has 1 saturated heterocycles. The number of rotatable bonds is 7. The van der Waals surface area contributed by atoms with Crippen molar-refractivity contribution in [1.29, 1.82) is 0 Å². The molecule has 30 heavy (non-hydrogen) atoms. The number of hydrogen-bond acceptors (Lipinski definition) is 4. The van der Waals surface area contributed by atoms with Gasteiger partial charge in [0.25, 0.3) is 0 Å². The van der Waals surface area contributed by atoms with Gasteiger partial charge >= 0.3 is 0 Å². The summed E-state index contributed by atoms with van der Waals surface area (Å²) in [5.74, 6) is 0.442. The highest BCUT2D eigenvalue weighted by Gasteiger charge is 2.23. The van der Waals surface area contributed by atoms with E-state index in [9.17, 15) is 8.42 Å². The van der Waals surface area contributed by atoms with E-state index in [0.29, 0.717) is 12.0 Å². The highest BCUT2D eigenvalue weighted by Crippen LogP contribution is 2.31. The van der Waals surface area contributed by atoms with Crippen LogP contribution < -0.4 is 10.5 Å². The van der Waals surface area contributed by atoms with Crippen molar-refractivity contribution in [2.75, 3.05) is 18.5 Å². The summed E-state index contributed by atoms with van der Waals surface area (Å²) in [7, 11) is -3.68. The van der Waals surface area contributed by atoms with Crippen LogP contribution in [0.3, 0.4) is 0 Å². The maximum absolute atomic E-state index is 11.6. The highest BCUT2D eigenvalue weighted by molar-refractivity contribution is 7.89. The molecule has 3 rings (SSSR count). The first-order valence-corrected chi connectivity index (χ1v) is 12.2. The van der Waals surface area contributed by atoms with E-state index in [2.05, 4.69) is 51.2 Å². The van der Waals surface area contributed by atoms with Crippen LogP contribution in [0.15, 0.2) is 47.4 Å². The van der Waals surface area contributed by atoms with E-state index in [0.717, 1.165) is 38.0 Å². The molecule has 1 aliphatic rings. The maximum Gasteiger partial charge on any atom is 0.238 e. The minimum Gasteiger partial charge on any atom is -0.382 e. The normalized spacial score (nSPS) is 16.1. The minimum absolute atomic E-state index is 0.145. The third-order valence-corrected chi connectivity index (χ3v) is 6.81. The zero-order chi connectivity index (χ0) is 21.9. The zero-order valence-corrected chi connectivity index (χ0v) is 19.3. The van der Waals surface area contributed by atoms with Gasteiger partial charge in [-0.25, -0.2) is 13.6 Å². The molecule has 1 aliphatic heterocycles. The highest BCUT2D eigenvalue weighted by atomic mass is 32.2. The van der Waals surface area contributed by atoms with Crippen LogP contribution in [0.4, 0.5) is 5.69 Å². The van der Waals surface area contributed by atoms with E-state index in [1.807, 2.05) is 12.1 Å². The van der Waals surface area contributed by atoms with Gasteiger partial charge in [-0.1, -0.05) is 45.9 Å². The number of hydrogen-bond donors (Lipinski definition) is 2. The van der Waals surface area contributed by atoms with E-state index in [1.165, 1.54) is 16.8 Å². The second-order valence-electron chi connectivity index (χ2n) is 9.28. The lowest BCUT2D eigenvalue weighted by molar-refractivity contribution is 0.0904. The van der Waals surface area contributed by atoms with Crippen LogP contribution in [0.5, 0.6) is 0 Å². The molecular formula is C24H34N2O3S. The molecule has 2 aromatic rings. The second-order valence-corrected chi connectivity index (χ2v) is 10.8. The number of anilines is 1. The van der Waals surface area contributed by atoms with Crippen LogP contribution in [-0.2, 0) is 26.6 Å². The molecule has 1 heterocycles. The van der Waals surface area contributed by atoms with Gasteiger partial charge < -0.3 is 10.1 Å². The average Bonchev–Trinajstić information content (AvgIpc) is 2.67. The first-order valence-electron chi connectivity index (χ1n) is 10.7. The predicted octanol–water partition coefficient (Wildman–Crippen LogP) is 4.57. The molecule has 0 radical (unpaired) electrons. The molecule has 0 unspecified atom stereocenters. The molecule has 0 saturated carbocycles. The quantitative estimate of drug-likeness (QED) is 0.674. The fraction of sp³-hybridized carbons (Fsp3) is 0.500. The molecule has 0 bridgehead atoms. The van der Waals surface area contributed by atoms with Crippen LogP contribution >= 0.6 is 0 Å². The first-order chi connectivity index (χ1) is 14.0. The number of nitrogens with one attached hydrogen (secondary N) is 1. The van der Waals surface area contributed by atoms with Gasteiger partial charge in [-0.15, -0.1) is 0 Å². The van der Waals surface area contributed by atoms with Gasteiger partial charge in [0, 0.05) is 24.9 Å².